The van der Waals surface area contributed by atoms with Crippen LogP contribution in [0.3, 0.4) is 0 Å². The van der Waals surface area contributed by atoms with Crippen LogP contribution >= 0.6 is 0 Å². The molecule has 0 radical (unpaired) electrons. The lowest BCUT2D eigenvalue weighted by molar-refractivity contribution is 0.411. The lowest BCUT2D eigenvalue weighted by Crippen LogP contribution is -2.11. The van der Waals surface area contributed by atoms with Crippen LogP contribution in [0.1, 0.15) is 48.9 Å². The number of rotatable bonds is 7. The molecule has 0 aliphatic heterocycles. The zero-order valence-electron chi connectivity index (χ0n) is 16.3. The first kappa shape index (κ1) is 20.2. The van der Waals surface area contributed by atoms with E-state index < -0.39 is 9.84 Å². The van der Waals surface area contributed by atoms with Crippen LogP contribution in [0.15, 0.2) is 23.5 Å². The summed E-state index contributed by atoms with van der Waals surface area (Å²) in [4.78, 5) is 8.28. The Kier molecular flexibility index (Phi) is 6.23. The summed E-state index contributed by atoms with van der Waals surface area (Å²) >= 11 is 0. The van der Waals surface area contributed by atoms with Crippen LogP contribution in [0.25, 0.3) is 0 Å². The molecule has 1 aromatic carbocycles. The van der Waals surface area contributed by atoms with Crippen LogP contribution in [0.4, 0.5) is 5.82 Å². The van der Waals surface area contributed by atoms with Crippen molar-refractivity contribution in [2.24, 2.45) is 0 Å². The van der Waals surface area contributed by atoms with Gasteiger partial charge >= 0.3 is 0 Å². The third-order valence-corrected chi connectivity index (χ3v) is 5.04. The van der Waals surface area contributed by atoms with Crippen LogP contribution in [-0.4, -0.2) is 38.3 Å². The summed E-state index contributed by atoms with van der Waals surface area (Å²) in [6.45, 7) is 8.92. The van der Waals surface area contributed by atoms with Crippen LogP contribution in [0, 0.1) is 6.92 Å². The van der Waals surface area contributed by atoms with E-state index >= 15 is 0 Å². The fourth-order valence-corrected chi connectivity index (χ4v) is 3.39. The van der Waals surface area contributed by atoms with E-state index in [0.29, 0.717) is 24.7 Å². The Labute approximate surface area is 156 Å². The Hall–Kier alpha value is -2.15. The number of sulfone groups is 1. The Balaban J connectivity index is 2.53. The van der Waals surface area contributed by atoms with Crippen molar-refractivity contribution in [2.75, 3.05) is 25.2 Å². The summed E-state index contributed by atoms with van der Waals surface area (Å²) in [5.41, 5.74) is 4.30. The molecule has 1 aromatic heterocycles. The predicted molar refractivity (Wildman–Crippen MR) is 104 cm³/mol. The minimum atomic E-state index is -3.45. The van der Waals surface area contributed by atoms with Crippen LogP contribution in [-0.2, 0) is 16.3 Å². The average molecular weight is 378 g/mol. The van der Waals surface area contributed by atoms with Crippen molar-refractivity contribution in [3.63, 3.8) is 0 Å². The van der Waals surface area contributed by atoms with Crippen molar-refractivity contribution in [2.45, 2.75) is 45.2 Å². The minimum absolute atomic E-state index is 0.164. The van der Waals surface area contributed by atoms with Gasteiger partial charge in [0.2, 0.25) is 15.0 Å². The monoisotopic (exact) mass is 377 g/mol. The second-order valence-corrected chi connectivity index (χ2v) is 8.59. The molecule has 6 nitrogen and oxygen atoms in total. The summed E-state index contributed by atoms with van der Waals surface area (Å²) in [7, 11) is -1.79. The Morgan fingerprint density at radius 2 is 1.92 bits per heavy atom. The molecule has 142 valence electrons. The fraction of sp³-hybridized carbons (Fsp3) is 0.474. The highest BCUT2D eigenvalue weighted by atomic mass is 32.2. The largest absolute Gasteiger partial charge is 0.496 e. The molecule has 0 unspecified atom stereocenters. The summed E-state index contributed by atoms with van der Waals surface area (Å²) in [5, 5.41) is 2.99. The number of nitrogens with zero attached hydrogens (tertiary/aromatic N) is 2. The van der Waals surface area contributed by atoms with Gasteiger partial charge in [0, 0.05) is 31.0 Å². The first-order valence-corrected chi connectivity index (χ1v) is 10.5. The highest BCUT2D eigenvalue weighted by molar-refractivity contribution is 7.90. The number of ether oxygens (including phenoxy) is 1. The van der Waals surface area contributed by atoms with Crippen molar-refractivity contribution in [3.8, 4) is 5.75 Å². The van der Waals surface area contributed by atoms with Gasteiger partial charge in [-0.3, -0.25) is 0 Å². The van der Waals surface area contributed by atoms with E-state index in [1.807, 2.05) is 19.9 Å². The van der Waals surface area contributed by atoms with Gasteiger partial charge in [-0.1, -0.05) is 19.9 Å². The number of benzene rings is 1. The van der Waals surface area contributed by atoms with Crippen LogP contribution in [0.2, 0.25) is 0 Å². The van der Waals surface area contributed by atoms with Crippen molar-refractivity contribution in [1.82, 2.24) is 9.97 Å². The van der Waals surface area contributed by atoms with Gasteiger partial charge in [-0.05, 0) is 42.5 Å². The van der Waals surface area contributed by atoms with E-state index in [9.17, 15) is 8.42 Å². The van der Waals surface area contributed by atoms with Crippen molar-refractivity contribution in [1.29, 1.82) is 0 Å². The molecule has 26 heavy (non-hydrogen) atoms. The Morgan fingerprint density at radius 3 is 2.46 bits per heavy atom. The van der Waals surface area contributed by atoms with E-state index in [2.05, 4.69) is 35.2 Å². The lowest BCUT2D eigenvalue weighted by Gasteiger charge is -2.18. The summed E-state index contributed by atoms with van der Waals surface area (Å²) < 4.78 is 29.0. The second kappa shape index (κ2) is 8.03. The molecule has 0 amide bonds. The molecule has 0 bridgehead atoms. The maximum Gasteiger partial charge on any atom is 0.248 e. The normalized spacial score (nSPS) is 11.7. The van der Waals surface area contributed by atoms with Gasteiger partial charge in [0.1, 0.15) is 11.6 Å². The summed E-state index contributed by atoms with van der Waals surface area (Å²) in [6.07, 6.45) is 3.30. The van der Waals surface area contributed by atoms with Gasteiger partial charge in [-0.15, -0.1) is 0 Å². The standard InChI is InChI=1S/C19H27N3O3S/c1-7-20-18-15(11-21-19(22-18)26(6,23)24)9-14-10-17(25-5)13(4)8-16(14)12(2)3/h8,10-12H,7,9H2,1-6H3,(H,20,21,22). The van der Waals surface area contributed by atoms with E-state index in [1.165, 1.54) is 5.56 Å². The first-order chi connectivity index (χ1) is 12.2. The van der Waals surface area contributed by atoms with Gasteiger partial charge in [0.15, 0.2) is 0 Å². The molecule has 1 N–H and O–H groups in total. The van der Waals surface area contributed by atoms with Crippen molar-refractivity contribution >= 4 is 15.7 Å². The molecule has 0 saturated heterocycles. The lowest BCUT2D eigenvalue weighted by atomic mass is 9.91. The smallest absolute Gasteiger partial charge is 0.248 e. The highest BCUT2D eigenvalue weighted by Crippen LogP contribution is 2.30. The molecule has 0 saturated carbocycles. The second-order valence-electron chi connectivity index (χ2n) is 6.68. The molecule has 0 spiro atoms. The molecule has 0 atom stereocenters. The molecule has 7 heteroatoms. The maximum atomic E-state index is 11.8. The fourth-order valence-electron chi connectivity index (χ4n) is 2.89. The van der Waals surface area contributed by atoms with Crippen LogP contribution < -0.4 is 10.1 Å². The number of hydrogen-bond acceptors (Lipinski definition) is 6. The highest BCUT2D eigenvalue weighted by Gasteiger charge is 2.17. The topological polar surface area (TPSA) is 81.2 Å². The molecule has 0 aliphatic carbocycles. The van der Waals surface area contributed by atoms with Crippen LogP contribution in [0.5, 0.6) is 5.75 Å². The zero-order valence-corrected chi connectivity index (χ0v) is 17.1. The molecule has 2 rings (SSSR count). The van der Waals surface area contributed by atoms with E-state index in [0.717, 1.165) is 28.7 Å². The SMILES string of the molecule is CCNc1nc(S(C)(=O)=O)ncc1Cc1cc(OC)c(C)cc1C(C)C. The number of aryl methyl sites for hydroxylation is 1. The molecular weight excluding hydrogens is 350 g/mol. The predicted octanol–water partition coefficient (Wildman–Crippen LogP) is 3.34. The number of anilines is 1. The Bertz CT molecular complexity index is 893. The molecule has 2 aromatic rings. The summed E-state index contributed by atoms with van der Waals surface area (Å²) in [6, 6.07) is 4.20. The number of nitrogens with one attached hydrogen (secondary N) is 1. The van der Waals surface area contributed by atoms with Gasteiger partial charge in [-0.25, -0.2) is 18.4 Å². The Morgan fingerprint density at radius 1 is 1.23 bits per heavy atom. The van der Waals surface area contributed by atoms with E-state index in [1.54, 1.807) is 13.3 Å². The molecule has 0 fully saturated rings. The van der Waals surface area contributed by atoms with Gasteiger partial charge in [0.05, 0.1) is 7.11 Å². The number of methoxy groups -OCH3 is 1. The number of hydrogen-bond donors (Lipinski definition) is 1. The van der Waals surface area contributed by atoms with Crippen molar-refractivity contribution in [3.05, 3.63) is 40.6 Å². The average Bonchev–Trinajstić information content (AvgIpc) is 2.56. The number of aromatic nitrogens is 2. The van der Waals surface area contributed by atoms with E-state index in [-0.39, 0.29) is 5.16 Å². The quantitative estimate of drug-likeness (QED) is 0.745. The maximum absolute atomic E-state index is 11.8. The van der Waals surface area contributed by atoms with E-state index in [4.69, 9.17) is 4.74 Å². The van der Waals surface area contributed by atoms with Gasteiger partial charge < -0.3 is 10.1 Å². The third-order valence-electron chi connectivity index (χ3n) is 4.18. The molecular formula is C19H27N3O3S. The zero-order chi connectivity index (χ0) is 19.5. The molecule has 0 aliphatic rings. The summed E-state index contributed by atoms with van der Waals surface area (Å²) in [5.74, 6) is 1.74. The van der Waals surface area contributed by atoms with Crippen molar-refractivity contribution < 1.29 is 13.2 Å². The third kappa shape index (κ3) is 4.52. The minimum Gasteiger partial charge on any atom is -0.496 e. The first-order valence-electron chi connectivity index (χ1n) is 8.64. The van der Waals surface area contributed by atoms with Gasteiger partial charge in [-0.2, -0.15) is 0 Å². The molecule has 1 heterocycles. The van der Waals surface area contributed by atoms with Gasteiger partial charge in [0.25, 0.3) is 0 Å².